The molecular weight excluding hydrogens is 240 g/mol. The standard InChI is InChI=1S/C8H9.BrH.Cu/c1-2-8-6-4-3-5-7-8;;/h4-7H,2H2,1H3;1H;/q-1;;+2/p-1. The zero-order chi connectivity index (χ0) is 7.82. The van der Waals surface area contributed by atoms with Gasteiger partial charge in [0, 0.05) is 0 Å². The van der Waals surface area contributed by atoms with E-state index in [1.807, 2.05) is 12.1 Å². The summed E-state index contributed by atoms with van der Waals surface area (Å²) in [5, 5.41) is 0. The first-order valence-corrected chi connectivity index (χ1v) is 5.32. The Labute approximate surface area is 77.5 Å². The van der Waals surface area contributed by atoms with E-state index in [4.69, 9.17) is 0 Å². The van der Waals surface area contributed by atoms with Gasteiger partial charge in [0.05, 0.1) is 0 Å². The van der Waals surface area contributed by atoms with Gasteiger partial charge in [-0.2, -0.15) is 35.9 Å². The van der Waals surface area contributed by atoms with E-state index >= 15 is 0 Å². The van der Waals surface area contributed by atoms with Crippen molar-refractivity contribution in [1.82, 2.24) is 0 Å². The quantitative estimate of drug-likeness (QED) is 0.530. The minimum absolute atomic E-state index is 1.12. The van der Waals surface area contributed by atoms with Crippen LogP contribution in [0.2, 0.25) is 0 Å². The Morgan fingerprint density at radius 1 is 1.40 bits per heavy atom. The molecule has 0 atom stereocenters. The molecule has 0 saturated carbocycles. The average molecular weight is 249 g/mol. The second-order valence-electron chi connectivity index (χ2n) is 1.76. The van der Waals surface area contributed by atoms with Gasteiger partial charge in [0.2, 0.25) is 0 Å². The summed E-state index contributed by atoms with van der Waals surface area (Å²) in [5.74, 6) is 0. The van der Waals surface area contributed by atoms with Gasteiger partial charge in [-0.25, -0.2) is 0 Å². The van der Waals surface area contributed by atoms with Crippen molar-refractivity contribution in [2.24, 2.45) is 0 Å². The van der Waals surface area contributed by atoms with Gasteiger partial charge < -0.3 is 0 Å². The molecule has 0 fully saturated rings. The van der Waals surface area contributed by atoms with E-state index in [2.05, 4.69) is 53.4 Å². The molecule has 59 valence electrons. The van der Waals surface area contributed by atoms with Crippen LogP contribution in [0.25, 0.3) is 0 Å². The van der Waals surface area contributed by atoms with E-state index < -0.39 is 0 Å². The van der Waals surface area contributed by atoms with Crippen LogP contribution in [0.3, 0.4) is 0 Å². The molecule has 0 aliphatic heterocycles. The molecular formula is C8H9BrCu. The normalized spacial score (nSPS) is 8.00. The number of halogens is 1. The summed E-state index contributed by atoms with van der Waals surface area (Å²) in [5.41, 5.74) is 1.38. The molecule has 0 aliphatic carbocycles. The molecule has 0 unspecified atom stereocenters. The molecule has 0 nitrogen and oxygen atoms in total. The third-order valence-electron chi connectivity index (χ3n) is 1.20. The zero-order valence-corrected chi connectivity index (χ0v) is 8.22. The molecule has 1 aromatic carbocycles. The van der Waals surface area contributed by atoms with Gasteiger partial charge in [0.1, 0.15) is 0 Å². The van der Waals surface area contributed by atoms with Crippen LogP contribution >= 0.6 is 14.1 Å². The van der Waals surface area contributed by atoms with Gasteiger partial charge in [0.25, 0.3) is 0 Å². The number of rotatable bonds is 1. The van der Waals surface area contributed by atoms with E-state index in [0.717, 1.165) is 6.42 Å². The number of benzene rings is 1. The molecule has 0 heterocycles. The van der Waals surface area contributed by atoms with Crippen LogP contribution in [-0.2, 0) is 20.6 Å². The van der Waals surface area contributed by atoms with Gasteiger partial charge in [-0.05, 0) is 0 Å². The number of aryl methyl sites for hydroxylation is 1. The zero-order valence-electron chi connectivity index (χ0n) is 5.70. The maximum atomic E-state index is 4.00. The van der Waals surface area contributed by atoms with Gasteiger partial charge in [-0.15, -0.1) is 0 Å². The Morgan fingerprint density at radius 2 is 1.90 bits per heavy atom. The van der Waals surface area contributed by atoms with Crippen LogP contribution in [0, 0.1) is 6.07 Å². The topological polar surface area (TPSA) is 0 Å². The van der Waals surface area contributed by atoms with E-state index in [0.29, 0.717) is 0 Å². The molecule has 0 amide bonds. The van der Waals surface area contributed by atoms with Crippen LogP contribution in [0.15, 0.2) is 24.3 Å². The summed E-state index contributed by atoms with van der Waals surface area (Å²) in [6.07, 6.45) is 1.12. The van der Waals surface area contributed by atoms with Crippen LogP contribution in [-0.4, -0.2) is 0 Å². The summed E-state index contributed by atoms with van der Waals surface area (Å²) in [6.45, 7) is 2.15. The Kier molecular flexibility index (Phi) is 7.49. The van der Waals surface area contributed by atoms with Gasteiger partial charge in [-0.1, -0.05) is 13.3 Å². The van der Waals surface area contributed by atoms with Crippen LogP contribution < -0.4 is 0 Å². The van der Waals surface area contributed by atoms with E-state index in [1.54, 1.807) is 0 Å². The van der Waals surface area contributed by atoms with Crippen molar-refractivity contribution < 1.29 is 14.2 Å². The molecule has 2 heteroatoms. The molecule has 1 aromatic rings. The second-order valence-corrected chi connectivity index (χ2v) is 1.76. The van der Waals surface area contributed by atoms with E-state index in [9.17, 15) is 0 Å². The SMILES string of the molecule is CCc1cc[c-]cc1.[Cu+][Br]. The van der Waals surface area contributed by atoms with Crippen molar-refractivity contribution in [3.8, 4) is 0 Å². The third-order valence-corrected chi connectivity index (χ3v) is 1.20. The van der Waals surface area contributed by atoms with Crippen LogP contribution in [0.1, 0.15) is 12.5 Å². The predicted molar refractivity (Wildman–Crippen MR) is 43.6 cm³/mol. The Bertz CT molecular complexity index is 151. The average Bonchev–Trinajstić information content (AvgIpc) is 2.10. The fourth-order valence-electron chi connectivity index (χ4n) is 0.657. The molecule has 0 bridgehead atoms. The van der Waals surface area contributed by atoms with E-state index in [1.165, 1.54) is 5.56 Å². The van der Waals surface area contributed by atoms with Gasteiger partial charge >= 0.3 is 28.3 Å². The molecule has 10 heavy (non-hydrogen) atoms. The first-order valence-electron chi connectivity index (χ1n) is 3.00. The summed E-state index contributed by atoms with van der Waals surface area (Å²) in [6, 6.07) is 11.0. The first-order chi connectivity index (χ1) is 4.93. The van der Waals surface area contributed by atoms with E-state index in [-0.39, 0.29) is 0 Å². The summed E-state index contributed by atoms with van der Waals surface area (Å²) >= 11 is 6.50. The van der Waals surface area contributed by atoms with Gasteiger partial charge in [0.15, 0.2) is 0 Å². The summed E-state index contributed by atoms with van der Waals surface area (Å²) < 4.78 is 0. The third kappa shape index (κ3) is 4.10. The van der Waals surface area contributed by atoms with Crippen LogP contribution in [0.4, 0.5) is 0 Å². The molecule has 0 aromatic heterocycles. The molecule has 0 saturated heterocycles. The molecule has 0 aliphatic rings. The molecule has 1 rings (SSSR count). The first kappa shape index (κ1) is 10.2. The van der Waals surface area contributed by atoms with Crippen molar-refractivity contribution in [3.63, 3.8) is 0 Å². The number of hydrogen-bond donors (Lipinski definition) is 0. The Hall–Kier alpha value is 0.219. The fourth-order valence-corrected chi connectivity index (χ4v) is 0.657. The summed E-state index contributed by atoms with van der Waals surface area (Å²) in [4.78, 5) is 0. The monoisotopic (exact) mass is 247 g/mol. The number of hydrogen-bond acceptors (Lipinski definition) is 0. The molecule has 0 N–H and O–H groups in total. The predicted octanol–water partition coefficient (Wildman–Crippen LogP) is 2.89. The van der Waals surface area contributed by atoms with Crippen molar-refractivity contribution in [2.75, 3.05) is 0 Å². The van der Waals surface area contributed by atoms with Crippen molar-refractivity contribution in [3.05, 3.63) is 35.9 Å². The van der Waals surface area contributed by atoms with Crippen LogP contribution in [0.5, 0.6) is 0 Å². The van der Waals surface area contributed by atoms with Crippen molar-refractivity contribution >= 4 is 14.1 Å². The molecule has 0 radical (unpaired) electrons. The maximum absolute atomic E-state index is 4.00. The van der Waals surface area contributed by atoms with Crippen molar-refractivity contribution in [2.45, 2.75) is 13.3 Å². The van der Waals surface area contributed by atoms with Crippen molar-refractivity contribution in [1.29, 1.82) is 0 Å². The summed E-state index contributed by atoms with van der Waals surface area (Å²) in [7, 11) is 0. The molecule has 0 spiro atoms. The Balaban J connectivity index is 0.000000371. The Morgan fingerprint density at radius 3 is 2.20 bits per heavy atom. The second kappa shape index (κ2) is 7.33. The van der Waals surface area contributed by atoms with Gasteiger partial charge in [-0.3, -0.25) is 0 Å². The fraction of sp³-hybridized carbons (Fsp3) is 0.250. The minimum atomic E-state index is 1.12.